The van der Waals surface area contributed by atoms with Crippen LogP contribution in [-0.4, -0.2) is 30.2 Å². The highest BCUT2D eigenvalue weighted by molar-refractivity contribution is 9.10. The average molecular weight is 334 g/mol. The summed E-state index contributed by atoms with van der Waals surface area (Å²) < 4.78 is 6.58. The number of nitriles is 2. The molecule has 0 N–H and O–H groups in total. The second-order valence-electron chi connectivity index (χ2n) is 4.87. The lowest BCUT2D eigenvalue weighted by molar-refractivity contribution is -0.0505. The van der Waals surface area contributed by atoms with E-state index in [0.717, 1.165) is 11.0 Å². The van der Waals surface area contributed by atoms with Gasteiger partial charge in [-0.2, -0.15) is 10.5 Å². The molecule has 20 heavy (non-hydrogen) atoms. The molecule has 0 amide bonds. The molecular weight excluding hydrogens is 318 g/mol. The van der Waals surface area contributed by atoms with Gasteiger partial charge in [0, 0.05) is 23.1 Å². The molecule has 0 bridgehead atoms. The summed E-state index contributed by atoms with van der Waals surface area (Å²) in [6.07, 6.45) is 0.858. The van der Waals surface area contributed by atoms with E-state index < -0.39 is 0 Å². The lowest BCUT2D eigenvalue weighted by Crippen LogP contribution is -2.51. The van der Waals surface area contributed by atoms with Gasteiger partial charge in [0.15, 0.2) is 0 Å². The SMILES string of the molecule is N#CC[C@@H]1COC[C@H](CC#N)N1Cc1ccc(Br)cc1. The minimum absolute atomic E-state index is 0.0655. The molecule has 0 aliphatic carbocycles. The fraction of sp³-hybridized carbons (Fsp3) is 0.467. The first-order valence-electron chi connectivity index (χ1n) is 6.56. The predicted molar refractivity (Wildman–Crippen MR) is 78.5 cm³/mol. The topological polar surface area (TPSA) is 60.0 Å². The van der Waals surface area contributed by atoms with Crippen molar-refractivity contribution in [1.29, 1.82) is 10.5 Å². The molecule has 2 rings (SSSR count). The van der Waals surface area contributed by atoms with E-state index in [1.807, 2.05) is 12.1 Å². The molecule has 1 aromatic carbocycles. The van der Waals surface area contributed by atoms with E-state index >= 15 is 0 Å². The zero-order chi connectivity index (χ0) is 14.4. The largest absolute Gasteiger partial charge is 0.378 e. The highest BCUT2D eigenvalue weighted by Gasteiger charge is 2.30. The van der Waals surface area contributed by atoms with Gasteiger partial charge in [-0.05, 0) is 17.7 Å². The van der Waals surface area contributed by atoms with Crippen molar-refractivity contribution < 1.29 is 4.74 Å². The van der Waals surface area contributed by atoms with Crippen LogP contribution < -0.4 is 0 Å². The molecule has 1 heterocycles. The number of benzene rings is 1. The van der Waals surface area contributed by atoms with Crippen LogP contribution in [0.25, 0.3) is 0 Å². The van der Waals surface area contributed by atoms with Crippen molar-refractivity contribution in [1.82, 2.24) is 4.90 Å². The minimum Gasteiger partial charge on any atom is -0.378 e. The summed E-state index contributed by atoms with van der Waals surface area (Å²) in [6.45, 7) is 1.87. The van der Waals surface area contributed by atoms with Crippen LogP contribution in [0, 0.1) is 22.7 Å². The Hall–Kier alpha value is -1.40. The van der Waals surface area contributed by atoms with Crippen LogP contribution in [0.1, 0.15) is 18.4 Å². The Morgan fingerprint density at radius 1 is 1.10 bits per heavy atom. The smallest absolute Gasteiger partial charge is 0.0639 e. The highest BCUT2D eigenvalue weighted by Crippen LogP contribution is 2.22. The molecule has 1 saturated heterocycles. The van der Waals surface area contributed by atoms with Crippen molar-refractivity contribution in [3.63, 3.8) is 0 Å². The normalized spacial score (nSPS) is 22.9. The molecule has 1 fully saturated rings. The second kappa shape index (κ2) is 7.40. The van der Waals surface area contributed by atoms with Crippen molar-refractivity contribution in [2.24, 2.45) is 0 Å². The summed E-state index contributed by atoms with van der Waals surface area (Å²) in [7, 11) is 0. The van der Waals surface area contributed by atoms with E-state index in [2.05, 4.69) is 45.1 Å². The van der Waals surface area contributed by atoms with Gasteiger partial charge in [0.05, 0.1) is 38.2 Å². The third kappa shape index (κ3) is 3.80. The van der Waals surface area contributed by atoms with Gasteiger partial charge in [-0.1, -0.05) is 28.1 Å². The van der Waals surface area contributed by atoms with Crippen LogP contribution in [0.15, 0.2) is 28.7 Å². The van der Waals surface area contributed by atoms with Gasteiger partial charge < -0.3 is 4.74 Å². The van der Waals surface area contributed by atoms with E-state index in [1.54, 1.807) is 0 Å². The number of morpholine rings is 1. The Bertz CT molecular complexity index is 493. The fourth-order valence-electron chi connectivity index (χ4n) is 2.45. The number of nitrogens with zero attached hydrogens (tertiary/aromatic N) is 3. The lowest BCUT2D eigenvalue weighted by atomic mass is 10.0. The molecule has 0 spiro atoms. The number of ether oxygens (including phenoxy) is 1. The van der Waals surface area contributed by atoms with Gasteiger partial charge in [-0.3, -0.25) is 4.90 Å². The zero-order valence-electron chi connectivity index (χ0n) is 11.1. The molecule has 5 heteroatoms. The predicted octanol–water partition coefficient (Wildman–Crippen LogP) is 2.85. The van der Waals surface area contributed by atoms with E-state index in [4.69, 9.17) is 15.3 Å². The first-order valence-corrected chi connectivity index (χ1v) is 7.35. The summed E-state index contributed by atoms with van der Waals surface area (Å²) in [6, 6.07) is 12.7. The van der Waals surface area contributed by atoms with Crippen LogP contribution in [0.4, 0.5) is 0 Å². The van der Waals surface area contributed by atoms with Crippen molar-refractivity contribution in [3.05, 3.63) is 34.3 Å². The summed E-state index contributed by atoms with van der Waals surface area (Å²) in [4.78, 5) is 2.24. The summed E-state index contributed by atoms with van der Waals surface area (Å²) in [5.74, 6) is 0. The molecule has 0 radical (unpaired) electrons. The van der Waals surface area contributed by atoms with E-state index in [-0.39, 0.29) is 12.1 Å². The molecular formula is C15H16BrN3O. The maximum Gasteiger partial charge on any atom is 0.0639 e. The van der Waals surface area contributed by atoms with Gasteiger partial charge in [-0.15, -0.1) is 0 Å². The Morgan fingerprint density at radius 2 is 1.65 bits per heavy atom. The Kier molecular flexibility index (Phi) is 5.55. The molecule has 0 unspecified atom stereocenters. The molecule has 0 saturated carbocycles. The third-order valence-electron chi connectivity index (χ3n) is 3.49. The standard InChI is InChI=1S/C15H16BrN3O/c16-13-3-1-12(2-4-13)9-19-14(5-7-17)10-20-11-15(19)6-8-18/h1-4,14-15H,5-6,9-11H2/t14-,15+. The Balaban J connectivity index is 2.14. The summed E-state index contributed by atoms with van der Waals surface area (Å²) in [5, 5.41) is 17.9. The average Bonchev–Trinajstić information content (AvgIpc) is 2.45. The van der Waals surface area contributed by atoms with Crippen LogP contribution in [-0.2, 0) is 11.3 Å². The second-order valence-corrected chi connectivity index (χ2v) is 5.78. The molecule has 0 aromatic heterocycles. The van der Waals surface area contributed by atoms with Crippen LogP contribution in [0.5, 0.6) is 0 Å². The Morgan fingerprint density at radius 3 is 2.15 bits per heavy atom. The van der Waals surface area contributed by atoms with Crippen LogP contribution >= 0.6 is 15.9 Å². The first-order chi connectivity index (χ1) is 9.74. The molecule has 4 nitrogen and oxygen atoms in total. The van der Waals surface area contributed by atoms with Crippen molar-refractivity contribution in [2.45, 2.75) is 31.5 Å². The highest BCUT2D eigenvalue weighted by atomic mass is 79.9. The minimum atomic E-state index is 0.0655. The first kappa shape index (κ1) is 15.0. The van der Waals surface area contributed by atoms with Gasteiger partial charge in [0.1, 0.15) is 0 Å². The third-order valence-corrected chi connectivity index (χ3v) is 4.02. The van der Waals surface area contributed by atoms with Crippen LogP contribution in [0.2, 0.25) is 0 Å². The lowest BCUT2D eigenvalue weighted by Gasteiger charge is -2.40. The zero-order valence-corrected chi connectivity index (χ0v) is 12.7. The monoisotopic (exact) mass is 333 g/mol. The number of hydrogen-bond acceptors (Lipinski definition) is 4. The quantitative estimate of drug-likeness (QED) is 0.849. The van der Waals surface area contributed by atoms with Gasteiger partial charge in [-0.25, -0.2) is 0 Å². The number of hydrogen-bond donors (Lipinski definition) is 0. The van der Waals surface area contributed by atoms with Crippen molar-refractivity contribution in [2.75, 3.05) is 13.2 Å². The maximum atomic E-state index is 8.95. The van der Waals surface area contributed by atoms with E-state index in [9.17, 15) is 0 Å². The maximum absolute atomic E-state index is 8.95. The molecule has 1 aromatic rings. The van der Waals surface area contributed by atoms with Gasteiger partial charge >= 0.3 is 0 Å². The summed E-state index contributed by atoms with van der Waals surface area (Å²) in [5.41, 5.74) is 1.18. The molecule has 1 aliphatic rings. The van der Waals surface area contributed by atoms with Crippen molar-refractivity contribution >= 4 is 15.9 Å². The number of rotatable bonds is 4. The Labute approximate surface area is 127 Å². The number of halogens is 1. The van der Waals surface area contributed by atoms with E-state index in [1.165, 1.54) is 5.56 Å². The summed E-state index contributed by atoms with van der Waals surface area (Å²) >= 11 is 3.42. The van der Waals surface area contributed by atoms with Crippen LogP contribution in [0.3, 0.4) is 0 Å². The van der Waals surface area contributed by atoms with Gasteiger partial charge in [0.2, 0.25) is 0 Å². The van der Waals surface area contributed by atoms with Crippen molar-refractivity contribution in [3.8, 4) is 12.1 Å². The van der Waals surface area contributed by atoms with E-state index in [0.29, 0.717) is 26.1 Å². The molecule has 104 valence electrons. The molecule has 2 atom stereocenters. The van der Waals surface area contributed by atoms with Gasteiger partial charge in [0.25, 0.3) is 0 Å². The molecule has 1 aliphatic heterocycles. The fourth-order valence-corrected chi connectivity index (χ4v) is 2.72.